The molecule has 0 aromatic carbocycles. The summed E-state index contributed by atoms with van der Waals surface area (Å²) in [5, 5.41) is 11.4. The molecule has 0 unspecified atom stereocenters. The van der Waals surface area contributed by atoms with Gasteiger partial charge in [-0.25, -0.2) is 0 Å². The van der Waals surface area contributed by atoms with Crippen LogP contribution in [0.25, 0.3) is 0 Å². The molecule has 0 aromatic rings. The summed E-state index contributed by atoms with van der Waals surface area (Å²) in [7, 11) is 0. The Morgan fingerprint density at radius 1 is 1.17 bits per heavy atom. The molecular weight excluding hydrogens is 230 g/mol. The maximum absolute atomic E-state index is 11.8. The number of carbonyl (C=O) groups is 2. The second kappa shape index (κ2) is 7.90. The lowest BCUT2D eigenvalue weighted by molar-refractivity contribution is -0.137. The molecule has 1 rings (SSSR count). The number of hydrogen-bond donors (Lipinski definition) is 2. The predicted octanol–water partition coefficient (Wildman–Crippen LogP) is 2.64. The van der Waals surface area contributed by atoms with Crippen molar-refractivity contribution < 1.29 is 14.7 Å². The fraction of sp³-hybridized carbons (Fsp3) is 0.714. The van der Waals surface area contributed by atoms with Gasteiger partial charge in [-0.15, -0.1) is 0 Å². The van der Waals surface area contributed by atoms with E-state index < -0.39 is 5.97 Å². The zero-order valence-electron chi connectivity index (χ0n) is 11.1. The molecule has 4 heteroatoms. The quantitative estimate of drug-likeness (QED) is 0.653. The third-order valence-electron chi connectivity index (χ3n) is 3.37. The number of nitrogens with one attached hydrogen (secondary N) is 1. The Morgan fingerprint density at radius 3 is 2.50 bits per heavy atom. The first kappa shape index (κ1) is 14.7. The molecule has 0 atom stereocenters. The summed E-state index contributed by atoms with van der Waals surface area (Å²) in [6.45, 7) is 2.73. The first-order valence-electron chi connectivity index (χ1n) is 6.80. The Bertz CT molecular complexity index is 334. The fourth-order valence-corrected chi connectivity index (χ4v) is 2.27. The highest BCUT2D eigenvalue weighted by atomic mass is 16.4. The van der Waals surface area contributed by atoms with Crippen LogP contribution in [0.4, 0.5) is 0 Å². The molecule has 0 radical (unpaired) electrons. The summed E-state index contributed by atoms with van der Waals surface area (Å²) in [6, 6.07) is 0. The number of carbonyl (C=O) groups excluding carboxylic acids is 1. The van der Waals surface area contributed by atoms with Crippen molar-refractivity contribution >= 4 is 11.9 Å². The highest BCUT2D eigenvalue weighted by molar-refractivity contribution is 5.94. The molecular formula is C14H23NO3. The topological polar surface area (TPSA) is 66.4 Å². The van der Waals surface area contributed by atoms with Crippen LogP contribution in [0.5, 0.6) is 0 Å². The molecule has 1 aliphatic rings. The van der Waals surface area contributed by atoms with Gasteiger partial charge in [0.2, 0.25) is 5.91 Å². The van der Waals surface area contributed by atoms with Crippen LogP contribution in [0, 0.1) is 0 Å². The predicted molar refractivity (Wildman–Crippen MR) is 70.3 cm³/mol. The smallest absolute Gasteiger partial charge is 0.303 e. The van der Waals surface area contributed by atoms with Crippen LogP contribution in [0.2, 0.25) is 0 Å². The molecule has 0 fully saturated rings. The van der Waals surface area contributed by atoms with E-state index >= 15 is 0 Å². The number of carboxylic acid groups (broad SMARTS) is 1. The van der Waals surface area contributed by atoms with Crippen molar-refractivity contribution in [2.75, 3.05) is 6.54 Å². The largest absolute Gasteiger partial charge is 0.481 e. The number of allylic oxidation sites excluding steroid dienone is 1. The Kier molecular flexibility index (Phi) is 6.47. The minimum absolute atomic E-state index is 0.0931. The van der Waals surface area contributed by atoms with Crippen molar-refractivity contribution in [1.29, 1.82) is 0 Å². The maximum atomic E-state index is 11.8. The molecule has 0 saturated heterocycles. The van der Waals surface area contributed by atoms with E-state index in [1.165, 1.54) is 5.57 Å². The Hall–Kier alpha value is -1.32. The van der Waals surface area contributed by atoms with Gasteiger partial charge in [0.05, 0.1) is 0 Å². The van der Waals surface area contributed by atoms with Gasteiger partial charge in [0.1, 0.15) is 0 Å². The lowest BCUT2D eigenvalue weighted by Crippen LogP contribution is -2.25. The zero-order valence-corrected chi connectivity index (χ0v) is 11.1. The first-order chi connectivity index (χ1) is 8.61. The summed E-state index contributed by atoms with van der Waals surface area (Å²) in [5.74, 6) is -0.637. The molecule has 1 amide bonds. The van der Waals surface area contributed by atoms with Gasteiger partial charge < -0.3 is 10.4 Å². The minimum atomic E-state index is -0.730. The van der Waals surface area contributed by atoms with Crippen molar-refractivity contribution in [3.8, 4) is 0 Å². The van der Waals surface area contributed by atoms with Gasteiger partial charge in [-0.3, -0.25) is 9.59 Å². The van der Waals surface area contributed by atoms with Crippen molar-refractivity contribution in [3.63, 3.8) is 0 Å². The molecule has 0 heterocycles. The second-order valence-corrected chi connectivity index (χ2v) is 4.93. The number of hydrogen-bond acceptors (Lipinski definition) is 2. The monoisotopic (exact) mass is 253 g/mol. The van der Waals surface area contributed by atoms with Crippen molar-refractivity contribution in [1.82, 2.24) is 5.32 Å². The Balaban J connectivity index is 2.03. The third-order valence-corrected chi connectivity index (χ3v) is 3.37. The summed E-state index contributed by atoms with van der Waals surface area (Å²) >= 11 is 0. The molecule has 1 aliphatic carbocycles. The number of unbranched alkanes of at least 4 members (excludes halogenated alkanes) is 3. The van der Waals surface area contributed by atoms with E-state index in [0.717, 1.165) is 50.5 Å². The van der Waals surface area contributed by atoms with E-state index in [4.69, 9.17) is 5.11 Å². The molecule has 0 aromatic heterocycles. The van der Waals surface area contributed by atoms with Crippen LogP contribution < -0.4 is 5.32 Å². The number of aliphatic carboxylic acids is 1. The van der Waals surface area contributed by atoms with E-state index in [1.807, 2.05) is 6.92 Å². The molecule has 102 valence electrons. The van der Waals surface area contributed by atoms with Crippen LogP contribution in [-0.4, -0.2) is 23.5 Å². The van der Waals surface area contributed by atoms with Crippen LogP contribution in [0.15, 0.2) is 11.1 Å². The molecule has 0 bridgehead atoms. The average molecular weight is 253 g/mol. The Morgan fingerprint density at radius 2 is 1.89 bits per heavy atom. The maximum Gasteiger partial charge on any atom is 0.303 e. The van der Waals surface area contributed by atoms with E-state index in [2.05, 4.69) is 5.32 Å². The summed E-state index contributed by atoms with van der Waals surface area (Å²) in [5.41, 5.74) is 2.20. The summed E-state index contributed by atoms with van der Waals surface area (Å²) < 4.78 is 0. The van der Waals surface area contributed by atoms with Gasteiger partial charge in [0, 0.05) is 18.5 Å². The summed E-state index contributed by atoms with van der Waals surface area (Å²) in [4.78, 5) is 22.1. The van der Waals surface area contributed by atoms with E-state index in [9.17, 15) is 9.59 Å². The highest BCUT2D eigenvalue weighted by Crippen LogP contribution is 2.25. The lowest BCUT2D eigenvalue weighted by Gasteiger charge is -2.06. The fourth-order valence-electron chi connectivity index (χ4n) is 2.27. The van der Waals surface area contributed by atoms with Crippen LogP contribution in [0.1, 0.15) is 58.3 Å². The van der Waals surface area contributed by atoms with E-state index in [-0.39, 0.29) is 12.3 Å². The zero-order chi connectivity index (χ0) is 13.4. The van der Waals surface area contributed by atoms with Crippen molar-refractivity contribution in [3.05, 3.63) is 11.1 Å². The Labute approximate surface area is 108 Å². The SMILES string of the molecule is CC1=C(C(=O)NCCCCCCC(=O)O)CCC1. The number of amides is 1. The van der Waals surface area contributed by atoms with E-state index in [0.29, 0.717) is 6.54 Å². The third kappa shape index (κ3) is 5.34. The number of rotatable bonds is 8. The highest BCUT2D eigenvalue weighted by Gasteiger charge is 2.16. The van der Waals surface area contributed by atoms with Crippen LogP contribution >= 0.6 is 0 Å². The minimum Gasteiger partial charge on any atom is -0.481 e. The van der Waals surface area contributed by atoms with Gasteiger partial charge in [0.15, 0.2) is 0 Å². The molecule has 18 heavy (non-hydrogen) atoms. The molecule has 0 aliphatic heterocycles. The van der Waals surface area contributed by atoms with Gasteiger partial charge in [-0.1, -0.05) is 18.4 Å². The normalized spacial score (nSPS) is 14.9. The molecule has 4 nitrogen and oxygen atoms in total. The van der Waals surface area contributed by atoms with Crippen LogP contribution in [0.3, 0.4) is 0 Å². The van der Waals surface area contributed by atoms with Gasteiger partial charge in [0.25, 0.3) is 0 Å². The number of carboxylic acids is 1. The van der Waals surface area contributed by atoms with Gasteiger partial charge >= 0.3 is 5.97 Å². The van der Waals surface area contributed by atoms with E-state index in [1.54, 1.807) is 0 Å². The first-order valence-corrected chi connectivity index (χ1v) is 6.80. The lowest BCUT2D eigenvalue weighted by atomic mass is 10.1. The molecule has 0 saturated carbocycles. The van der Waals surface area contributed by atoms with Gasteiger partial charge in [-0.05, 0) is 39.0 Å². The summed E-state index contributed by atoms with van der Waals surface area (Å²) in [6.07, 6.45) is 6.87. The van der Waals surface area contributed by atoms with Crippen LogP contribution in [-0.2, 0) is 9.59 Å². The average Bonchev–Trinajstić information content (AvgIpc) is 2.73. The second-order valence-electron chi connectivity index (χ2n) is 4.93. The molecule has 0 spiro atoms. The van der Waals surface area contributed by atoms with Crippen molar-refractivity contribution in [2.45, 2.75) is 58.3 Å². The van der Waals surface area contributed by atoms with Gasteiger partial charge in [-0.2, -0.15) is 0 Å². The standard InChI is InChI=1S/C14H23NO3/c1-11-7-6-8-12(11)14(18)15-10-5-3-2-4-9-13(16)17/h2-10H2,1H3,(H,15,18)(H,16,17). The van der Waals surface area contributed by atoms with Crippen molar-refractivity contribution in [2.24, 2.45) is 0 Å². The molecule has 2 N–H and O–H groups in total.